The number of pyridine rings is 1. The molecule has 0 unspecified atom stereocenters. The Morgan fingerprint density at radius 3 is 1.89 bits per heavy atom. The molecule has 3 saturated heterocycles. The van der Waals surface area contributed by atoms with Gasteiger partial charge in [0.1, 0.15) is 17.6 Å². The van der Waals surface area contributed by atoms with Crippen LogP contribution in [0.25, 0.3) is 10.9 Å². The zero-order chi connectivity index (χ0) is 45.8. The number of carboxylic acid groups (broad SMARTS) is 1. The van der Waals surface area contributed by atoms with E-state index in [0.717, 1.165) is 84.5 Å². The number of ether oxygens (including phenoxy) is 9. The molecule has 3 fully saturated rings. The molecule has 65 heavy (non-hydrogen) atoms. The molecular weight excluding hydrogens is 841 g/mol. The third kappa shape index (κ3) is 15.5. The number of cyclic esters (lactones) is 1. The van der Waals surface area contributed by atoms with Crippen molar-refractivity contribution in [2.24, 2.45) is 0 Å². The molecule has 6 rings (SSSR count). The molecular formula is C48H68N4O13. The molecule has 3 aliphatic rings. The van der Waals surface area contributed by atoms with E-state index in [-0.39, 0.29) is 37.0 Å². The number of carbonyl (C=O) groups is 3. The van der Waals surface area contributed by atoms with Crippen LogP contribution >= 0.6 is 0 Å². The predicted octanol–water partition coefficient (Wildman–Crippen LogP) is 5.39. The quantitative estimate of drug-likeness (QED) is 0.0918. The summed E-state index contributed by atoms with van der Waals surface area (Å²) in [4.78, 5) is 48.4. The van der Waals surface area contributed by atoms with E-state index in [2.05, 4.69) is 30.0 Å². The Kier molecular flexibility index (Phi) is 20.3. The molecule has 0 aliphatic carbocycles. The van der Waals surface area contributed by atoms with Crippen molar-refractivity contribution in [2.75, 3.05) is 126 Å². The zero-order valence-corrected chi connectivity index (χ0v) is 38.4. The van der Waals surface area contributed by atoms with Crippen LogP contribution in [0.1, 0.15) is 72.9 Å². The second kappa shape index (κ2) is 26.5. The van der Waals surface area contributed by atoms with Gasteiger partial charge in [-0.25, -0.2) is 4.79 Å². The van der Waals surface area contributed by atoms with E-state index < -0.39 is 12.1 Å². The number of amides is 2. The van der Waals surface area contributed by atoms with E-state index in [1.54, 1.807) is 14.2 Å². The molecule has 358 valence electrons. The Labute approximate surface area is 382 Å². The number of aromatic nitrogens is 1. The summed E-state index contributed by atoms with van der Waals surface area (Å²) in [6.07, 6.45) is 2.95. The summed E-state index contributed by atoms with van der Waals surface area (Å²) in [6, 6.07) is 14.5. The van der Waals surface area contributed by atoms with Crippen LogP contribution in [0.3, 0.4) is 0 Å². The lowest BCUT2D eigenvalue weighted by Gasteiger charge is -2.35. The standard InChI is InChI=1S/C48H68N4O13/c1-35-30-36(4-7-44(35)58-3)33-50-14-10-38(11-15-50)52-34-45(65-48(52)56)41-32-43(49-42-6-5-39(57-2)31-40(41)42)37-8-16-51(17-9-37)46(53)12-18-59-20-22-61-24-26-63-28-29-64-27-25-62-23-21-60-19-13-47(54)55/h4-7,30-32,37-38,45H,8-29,33-34H2,1-3H3,(H,54,55)/t45-/m1/s1. The second-order valence-electron chi connectivity index (χ2n) is 16.6. The van der Waals surface area contributed by atoms with E-state index in [1.807, 2.05) is 34.1 Å². The van der Waals surface area contributed by atoms with Gasteiger partial charge in [-0.05, 0) is 74.1 Å². The number of nitrogens with zero attached hydrogens (tertiary/aromatic N) is 4. The van der Waals surface area contributed by atoms with Gasteiger partial charge in [-0.3, -0.25) is 19.5 Å². The summed E-state index contributed by atoms with van der Waals surface area (Å²) in [5.74, 6) is 0.974. The summed E-state index contributed by atoms with van der Waals surface area (Å²) in [7, 11) is 3.34. The average molecular weight is 909 g/mol. The van der Waals surface area contributed by atoms with Crippen molar-refractivity contribution in [3.05, 3.63) is 64.8 Å². The van der Waals surface area contributed by atoms with Crippen molar-refractivity contribution < 1.29 is 62.1 Å². The fraction of sp³-hybridized carbons (Fsp3) is 0.625. The van der Waals surface area contributed by atoms with Crippen LogP contribution in [-0.4, -0.2) is 175 Å². The minimum Gasteiger partial charge on any atom is -0.497 e. The van der Waals surface area contributed by atoms with Crippen molar-refractivity contribution in [3.8, 4) is 11.5 Å². The molecule has 1 atom stereocenters. The Bertz CT molecular complexity index is 1950. The zero-order valence-electron chi connectivity index (χ0n) is 38.4. The minimum atomic E-state index is -0.883. The van der Waals surface area contributed by atoms with Crippen LogP contribution in [0.15, 0.2) is 42.5 Å². The van der Waals surface area contributed by atoms with Gasteiger partial charge >= 0.3 is 12.1 Å². The normalized spacial score (nSPS) is 17.5. The van der Waals surface area contributed by atoms with E-state index >= 15 is 0 Å². The first-order valence-electron chi connectivity index (χ1n) is 23.0. The number of rotatable bonds is 28. The lowest BCUT2D eigenvalue weighted by molar-refractivity contribution is -0.138. The fourth-order valence-corrected chi connectivity index (χ4v) is 8.58. The average Bonchev–Trinajstić information content (AvgIpc) is 3.71. The number of benzene rings is 2. The van der Waals surface area contributed by atoms with E-state index in [1.165, 1.54) is 5.56 Å². The Balaban J connectivity index is 0.866. The highest BCUT2D eigenvalue weighted by molar-refractivity contribution is 5.85. The molecule has 0 radical (unpaired) electrons. The molecule has 3 aromatic rings. The number of fused-ring (bicyclic) bond motifs is 1. The highest BCUT2D eigenvalue weighted by atomic mass is 16.6. The number of aryl methyl sites for hydroxylation is 1. The molecule has 3 aliphatic heterocycles. The van der Waals surface area contributed by atoms with Crippen molar-refractivity contribution in [3.63, 3.8) is 0 Å². The van der Waals surface area contributed by atoms with Crippen LogP contribution < -0.4 is 9.47 Å². The second-order valence-corrected chi connectivity index (χ2v) is 16.6. The number of carbonyl (C=O) groups excluding carboxylic acids is 2. The largest absolute Gasteiger partial charge is 0.497 e. The van der Waals surface area contributed by atoms with Gasteiger partial charge in [0.2, 0.25) is 5.91 Å². The van der Waals surface area contributed by atoms with Crippen molar-refractivity contribution in [1.29, 1.82) is 0 Å². The van der Waals surface area contributed by atoms with E-state index in [9.17, 15) is 14.4 Å². The van der Waals surface area contributed by atoms with E-state index in [4.69, 9.17) is 52.7 Å². The number of carboxylic acids is 1. The molecule has 17 nitrogen and oxygen atoms in total. The number of hydrogen-bond acceptors (Lipinski definition) is 14. The minimum absolute atomic E-state index is 0.0161. The Morgan fingerprint density at radius 1 is 0.723 bits per heavy atom. The highest BCUT2D eigenvalue weighted by Crippen LogP contribution is 2.38. The van der Waals surface area contributed by atoms with Crippen LogP contribution in [0, 0.1) is 6.92 Å². The van der Waals surface area contributed by atoms with Crippen LogP contribution in [0.2, 0.25) is 0 Å². The lowest BCUT2D eigenvalue weighted by atomic mass is 9.90. The number of hydrogen-bond donors (Lipinski definition) is 1. The smallest absolute Gasteiger partial charge is 0.410 e. The lowest BCUT2D eigenvalue weighted by Crippen LogP contribution is -2.45. The van der Waals surface area contributed by atoms with Gasteiger partial charge in [-0.1, -0.05) is 12.1 Å². The molecule has 0 bridgehead atoms. The Morgan fingerprint density at radius 2 is 1.32 bits per heavy atom. The van der Waals surface area contributed by atoms with E-state index in [0.29, 0.717) is 98.7 Å². The first-order chi connectivity index (χ1) is 31.7. The third-order valence-corrected chi connectivity index (χ3v) is 12.2. The molecule has 1 N–H and O–H groups in total. The van der Waals surface area contributed by atoms with Gasteiger partial charge < -0.3 is 57.5 Å². The topological polar surface area (TPSA) is 177 Å². The Hall–Kier alpha value is -4.62. The fourth-order valence-electron chi connectivity index (χ4n) is 8.58. The highest BCUT2D eigenvalue weighted by Gasteiger charge is 2.39. The van der Waals surface area contributed by atoms with Crippen LogP contribution in [0.5, 0.6) is 11.5 Å². The molecule has 0 spiro atoms. The summed E-state index contributed by atoms with van der Waals surface area (Å²) < 4.78 is 49.9. The van der Waals surface area contributed by atoms with Gasteiger partial charge in [0.05, 0.1) is 118 Å². The summed E-state index contributed by atoms with van der Waals surface area (Å²) in [5, 5.41) is 9.48. The molecule has 2 amide bonds. The van der Waals surface area contributed by atoms with Crippen molar-refractivity contribution in [1.82, 2.24) is 19.7 Å². The molecule has 0 saturated carbocycles. The number of piperidine rings is 2. The maximum absolute atomic E-state index is 13.5. The molecule has 17 heteroatoms. The number of methoxy groups -OCH3 is 2. The third-order valence-electron chi connectivity index (χ3n) is 12.2. The van der Waals surface area contributed by atoms with Gasteiger partial charge in [-0.15, -0.1) is 0 Å². The maximum atomic E-state index is 13.5. The van der Waals surface area contributed by atoms with Gasteiger partial charge in [0, 0.05) is 61.3 Å². The molecule has 2 aromatic carbocycles. The van der Waals surface area contributed by atoms with Crippen molar-refractivity contribution in [2.45, 2.75) is 70.1 Å². The van der Waals surface area contributed by atoms with Gasteiger partial charge in [0.25, 0.3) is 0 Å². The summed E-state index contributed by atoms with van der Waals surface area (Å²) in [6.45, 7) is 11.2. The number of likely N-dealkylation sites (tertiary alicyclic amines) is 2. The first-order valence-corrected chi connectivity index (χ1v) is 23.0. The summed E-state index contributed by atoms with van der Waals surface area (Å²) >= 11 is 0. The summed E-state index contributed by atoms with van der Waals surface area (Å²) in [5.41, 5.74) is 5.13. The maximum Gasteiger partial charge on any atom is 0.410 e. The van der Waals surface area contributed by atoms with Crippen LogP contribution in [-0.2, 0) is 49.3 Å². The molecule has 4 heterocycles. The number of aliphatic carboxylic acids is 1. The van der Waals surface area contributed by atoms with Crippen molar-refractivity contribution >= 4 is 28.9 Å². The monoisotopic (exact) mass is 908 g/mol. The van der Waals surface area contributed by atoms with Crippen LogP contribution in [0.4, 0.5) is 4.79 Å². The molecule has 1 aromatic heterocycles. The predicted molar refractivity (Wildman–Crippen MR) is 241 cm³/mol. The van der Waals surface area contributed by atoms with Gasteiger partial charge in [0.15, 0.2) is 0 Å². The van der Waals surface area contributed by atoms with Gasteiger partial charge in [-0.2, -0.15) is 0 Å². The SMILES string of the molecule is COc1ccc2nc(C3CCN(C(=O)CCOCCOCCOCCOCCOCCOCCC(=O)O)CC3)cc([C@H]3CN(C4CCN(Cc5ccc(OC)c(C)c5)CC4)C(=O)O3)c2c1. The first kappa shape index (κ1) is 49.8.